The van der Waals surface area contributed by atoms with Crippen LogP contribution in [0.2, 0.25) is 0 Å². The first-order valence-corrected chi connectivity index (χ1v) is 6.69. The highest BCUT2D eigenvalue weighted by Gasteiger charge is 2.33. The molecule has 0 aromatic heterocycles. The minimum absolute atomic E-state index is 0.299. The molecule has 0 heterocycles. The number of amides is 1. The fourth-order valence-electron chi connectivity index (χ4n) is 1.59. The van der Waals surface area contributed by atoms with Gasteiger partial charge in [-0.25, -0.2) is 4.79 Å². The van der Waals surface area contributed by atoms with Gasteiger partial charge in [0.1, 0.15) is 6.04 Å². The molecular weight excluding hydrogens is 310 g/mol. The summed E-state index contributed by atoms with van der Waals surface area (Å²) in [6.07, 6.45) is 0. The number of halogens is 1. The number of hydrogen-bond donors (Lipinski definition) is 1. The number of carbonyl (C=O) groups is 2. The Balaban J connectivity index is 2.91. The average molecular weight is 328 g/mol. The monoisotopic (exact) mass is 327 g/mol. The maximum atomic E-state index is 12.1. The highest BCUT2D eigenvalue weighted by atomic mass is 79.9. The summed E-state index contributed by atoms with van der Waals surface area (Å²) >= 11 is 3.31. The van der Waals surface area contributed by atoms with Crippen molar-refractivity contribution in [2.75, 3.05) is 7.11 Å². The third kappa shape index (κ3) is 4.35. The van der Waals surface area contributed by atoms with E-state index < -0.39 is 17.4 Å². The second-order valence-electron chi connectivity index (χ2n) is 5.31. The molecule has 0 radical (unpaired) electrons. The van der Waals surface area contributed by atoms with Crippen LogP contribution in [0.4, 0.5) is 0 Å². The summed E-state index contributed by atoms with van der Waals surface area (Å²) in [5, 5.41) is 2.72. The molecule has 0 aliphatic rings. The molecule has 0 bridgehead atoms. The van der Waals surface area contributed by atoms with Crippen molar-refractivity contribution >= 4 is 27.8 Å². The topological polar surface area (TPSA) is 55.4 Å². The lowest BCUT2D eigenvalue weighted by Crippen LogP contribution is -2.49. The molecule has 104 valence electrons. The van der Waals surface area contributed by atoms with Crippen molar-refractivity contribution in [3.05, 3.63) is 34.3 Å². The van der Waals surface area contributed by atoms with E-state index in [1.807, 2.05) is 26.8 Å². The molecule has 1 N–H and O–H groups in total. The number of ether oxygens (including phenoxy) is 1. The van der Waals surface area contributed by atoms with Crippen molar-refractivity contribution in [3.8, 4) is 0 Å². The van der Waals surface area contributed by atoms with Gasteiger partial charge in [0.15, 0.2) is 0 Å². The van der Waals surface area contributed by atoms with Crippen molar-refractivity contribution in [3.63, 3.8) is 0 Å². The minimum Gasteiger partial charge on any atom is -0.467 e. The summed E-state index contributed by atoms with van der Waals surface area (Å²) in [5.74, 6) is -0.748. The predicted octanol–water partition coefficient (Wildman–Crippen LogP) is 2.77. The molecule has 0 aliphatic heterocycles. The van der Waals surface area contributed by atoms with E-state index in [2.05, 4.69) is 21.2 Å². The van der Waals surface area contributed by atoms with Crippen LogP contribution in [0, 0.1) is 5.41 Å². The second kappa shape index (κ2) is 6.19. The molecule has 5 heteroatoms. The summed E-state index contributed by atoms with van der Waals surface area (Å²) in [6, 6.07) is 6.30. The Labute approximate surface area is 121 Å². The van der Waals surface area contributed by atoms with Crippen LogP contribution in [-0.2, 0) is 9.53 Å². The largest absolute Gasteiger partial charge is 0.467 e. The zero-order chi connectivity index (χ0) is 14.6. The number of rotatable bonds is 3. The van der Waals surface area contributed by atoms with Crippen LogP contribution in [0.5, 0.6) is 0 Å². The van der Waals surface area contributed by atoms with Crippen molar-refractivity contribution in [1.29, 1.82) is 0 Å². The average Bonchev–Trinajstić information content (AvgIpc) is 2.33. The van der Waals surface area contributed by atoms with Crippen molar-refractivity contribution in [1.82, 2.24) is 5.32 Å². The van der Waals surface area contributed by atoms with Gasteiger partial charge in [-0.1, -0.05) is 42.8 Å². The molecule has 1 aromatic rings. The highest BCUT2D eigenvalue weighted by molar-refractivity contribution is 9.10. The molecule has 1 atom stereocenters. The van der Waals surface area contributed by atoms with Gasteiger partial charge in [-0.3, -0.25) is 4.79 Å². The van der Waals surface area contributed by atoms with Gasteiger partial charge in [-0.2, -0.15) is 0 Å². The van der Waals surface area contributed by atoms with E-state index in [1.165, 1.54) is 7.11 Å². The van der Waals surface area contributed by atoms with E-state index in [9.17, 15) is 9.59 Å². The first-order valence-electron chi connectivity index (χ1n) is 5.90. The molecule has 0 spiro atoms. The smallest absolute Gasteiger partial charge is 0.328 e. The van der Waals surface area contributed by atoms with Gasteiger partial charge in [0, 0.05) is 10.0 Å². The number of carbonyl (C=O) groups excluding carboxylic acids is 2. The molecule has 1 aromatic carbocycles. The van der Waals surface area contributed by atoms with E-state index >= 15 is 0 Å². The van der Waals surface area contributed by atoms with Gasteiger partial charge >= 0.3 is 5.97 Å². The highest BCUT2D eigenvalue weighted by Crippen LogP contribution is 2.21. The van der Waals surface area contributed by atoms with Crippen molar-refractivity contribution < 1.29 is 14.3 Å². The van der Waals surface area contributed by atoms with Crippen LogP contribution < -0.4 is 5.32 Å². The summed E-state index contributed by atoms with van der Waals surface area (Å²) in [7, 11) is 1.31. The van der Waals surface area contributed by atoms with Crippen LogP contribution >= 0.6 is 15.9 Å². The Morgan fingerprint density at radius 1 is 1.32 bits per heavy atom. The van der Waals surface area contributed by atoms with Crippen LogP contribution in [0.25, 0.3) is 0 Å². The first-order chi connectivity index (χ1) is 8.75. The second-order valence-corrected chi connectivity index (χ2v) is 6.22. The molecule has 0 saturated carbocycles. The van der Waals surface area contributed by atoms with Gasteiger partial charge in [0.25, 0.3) is 5.91 Å². The molecule has 19 heavy (non-hydrogen) atoms. The SMILES string of the molecule is COC(=O)[C@@H](NC(=O)c1cccc(Br)c1)C(C)(C)C. The lowest BCUT2D eigenvalue weighted by molar-refractivity contribution is -0.145. The van der Waals surface area contributed by atoms with Gasteiger partial charge in [0.05, 0.1) is 7.11 Å². The summed E-state index contributed by atoms with van der Waals surface area (Å²) in [6.45, 7) is 5.61. The quantitative estimate of drug-likeness (QED) is 0.868. The third-order valence-corrected chi connectivity index (χ3v) is 3.16. The van der Waals surface area contributed by atoms with E-state index in [0.717, 1.165) is 4.47 Å². The normalized spacial score (nSPS) is 12.7. The number of esters is 1. The van der Waals surface area contributed by atoms with Crippen molar-refractivity contribution in [2.45, 2.75) is 26.8 Å². The molecular formula is C14H18BrNO3. The Hall–Kier alpha value is -1.36. The molecule has 4 nitrogen and oxygen atoms in total. The molecule has 1 amide bonds. The maximum absolute atomic E-state index is 12.1. The molecule has 0 saturated heterocycles. The van der Waals surface area contributed by atoms with Crippen molar-refractivity contribution in [2.24, 2.45) is 5.41 Å². The molecule has 0 fully saturated rings. The van der Waals surface area contributed by atoms with Crippen LogP contribution in [0.3, 0.4) is 0 Å². The number of nitrogens with one attached hydrogen (secondary N) is 1. The zero-order valence-electron chi connectivity index (χ0n) is 11.5. The summed E-state index contributed by atoms with van der Waals surface area (Å²) in [5.41, 5.74) is 0.0712. The standard InChI is InChI=1S/C14H18BrNO3/c1-14(2,3)11(13(18)19-4)16-12(17)9-6-5-7-10(15)8-9/h5-8,11H,1-4H3,(H,16,17)/t11-/m1/s1. The Morgan fingerprint density at radius 3 is 2.42 bits per heavy atom. The number of hydrogen-bond acceptors (Lipinski definition) is 3. The Bertz CT molecular complexity index is 480. The third-order valence-electron chi connectivity index (χ3n) is 2.67. The van der Waals surface area contributed by atoms with Gasteiger partial charge in [0.2, 0.25) is 0 Å². The van der Waals surface area contributed by atoms with Crippen LogP contribution in [0.1, 0.15) is 31.1 Å². The van der Waals surface area contributed by atoms with Crippen LogP contribution in [-0.4, -0.2) is 25.0 Å². The van der Waals surface area contributed by atoms with E-state index in [1.54, 1.807) is 18.2 Å². The molecule has 1 rings (SSSR count). The minimum atomic E-state index is -0.691. The van der Waals surface area contributed by atoms with Crippen LogP contribution in [0.15, 0.2) is 28.7 Å². The molecule has 0 aliphatic carbocycles. The fraction of sp³-hybridized carbons (Fsp3) is 0.429. The lowest BCUT2D eigenvalue weighted by Gasteiger charge is -2.29. The molecule has 0 unspecified atom stereocenters. The van der Waals surface area contributed by atoms with Gasteiger partial charge in [-0.15, -0.1) is 0 Å². The lowest BCUT2D eigenvalue weighted by atomic mass is 9.86. The summed E-state index contributed by atoms with van der Waals surface area (Å²) < 4.78 is 5.55. The maximum Gasteiger partial charge on any atom is 0.328 e. The Morgan fingerprint density at radius 2 is 1.95 bits per heavy atom. The Kier molecular flexibility index (Phi) is 5.11. The van der Waals surface area contributed by atoms with E-state index in [0.29, 0.717) is 5.56 Å². The fourth-order valence-corrected chi connectivity index (χ4v) is 1.99. The zero-order valence-corrected chi connectivity index (χ0v) is 13.1. The number of benzene rings is 1. The summed E-state index contributed by atoms with van der Waals surface area (Å²) in [4.78, 5) is 23.9. The van der Waals surface area contributed by atoms with E-state index in [4.69, 9.17) is 4.74 Å². The van der Waals surface area contributed by atoms with E-state index in [-0.39, 0.29) is 5.91 Å². The van der Waals surface area contributed by atoms with Gasteiger partial charge < -0.3 is 10.1 Å². The number of methoxy groups -OCH3 is 1. The van der Waals surface area contributed by atoms with Gasteiger partial charge in [-0.05, 0) is 23.6 Å². The predicted molar refractivity (Wildman–Crippen MR) is 76.9 cm³/mol. The first kappa shape index (κ1) is 15.7.